The summed E-state index contributed by atoms with van der Waals surface area (Å²) in [5, 5.41) is 14.0. The minimum absolute atomic E-state index is 0.0611. The number of carbonyl (C=O) groups excluding carboxylic acids is 1. The lowest BCUT2D eigenvalue weighted by Crippen LogP contribution is -2.45. The van der Waals surface area contributed by atoms with Crippen LogP contribution < -0.4 is 5.32 Å². The van der Waals surface area contributed by atoms with Crippen LogP contribution in [0.4, 0.5) is 0 Å². The first-order valence-electron chi connectivity index (χ1n) is 33.3. The molecule has 9 heteroatoms. The Morgan fingerprint density at radius 2 is 0.769 bits per heavy atom. The second kappa shape index (κ2) is 59.6. The summed E-state index contributed by atoms with van der Waals surface area (Å²) in [4.78, 5) is 23.4. The fourth-order valence-electron chi connectivity index (χ4n) is 9.78. The van der Waals surface area contributed by atoms with E-state index in [1.54, 1.807) is 6.08 Å². The molecule has 0 radical (unpaired) electrons. The maximum absolute atomic E-state index is 13.0. The van der Waals surface area contributed by atoms with Crippen molar-refractivity contribution in [1.29, 1.82) is 0 Å². The van der Waals surface area contributed by atoms with Gasteiger partial charge < -0.3 is 19.8 Å². The van der Waals surface area contributed by atoms with Crippen LogP contribution in [0.5, 0.6) is 0 Å². The average molecular weight is 1110 g/mol. The smallest absolute Gasteiger partial charge is 0.387 e. The molecule has 3 unspecified atom stereocenters. The molecule has 1 amide bonds. The summed E-state index contributed by atoms with van der Waals surface area (Å²) >= 11 is 0. The van der Waals surface area contributed by atoms with E-state index in [1.807, 2.05) is 27.2 Å². The second-order valence-corrected chi connectivity index (χ2v) is 25.3. The lowest BCUT2D eigenvalue weighted by atomic mass is 10.0. The van der Waals surface area contributed by atoms with Crippen LogP contribution in [0.3, 0.4) is 0 Å². The molecule has 0 aromatic carbocycles. The number of rotatable bonds is 61. The van der Waals surface area contributed by atoms with Gasteiger partial charge in [0.25, 0.3) is 0 Å². The zero-order chi connectivity index (χ0) is 57.0. The predicted molar refractivity (Wildman–Crippen MR) is 341 cm³/mol. The summed E-state index contributed by atoms with van der Waals surface area (Å²) in [6, 6.07) is -0.850. The Morgan fingerprint density at radius 1 is 0.449 bits per heavy atom. The standard InChI is InChI=1S/C69H129N2O6P/c1-6-8-10-12-14-16-18-20-22-24-26-28-30-31-32-33-34-35-36-37-38-39-41-43-45-47-49-51-53-55-57-59-61-63-69(73)70-67(66-77-78(74,75)76-65-64-71(3,4)5)68(72)62-60-58-56-54-52-50-48-46-44-42-40-29-27-25-23-21-19-17-15-13-11-9-7-2/h8,10,14,16,20,22,26,28,31-32,60,62,67-68,72H,6-7,9,11-13,15,17-19,21,23-25,27,29-30,33-59,61,63-66H2,1-5H3,(H-,70,73,74,75)/p+1/b10-8-,16-14-,22-20-,28-26-,32-31-,62-60+. The zero-order valence-corrected chi connectivity index (χ0v) is 53.0. The first kappa shape index (κ1) is 75.9. The Hall–Kier alpha value is -2.06. The van der Waals surface area contributed by atoms with Gasteiger partial charge in [-0.3, -0.25) is 13.8 Å². The quantitative estimate of drug-likeness (QED) is 0.0243. The maximum atomic E-state index is 13.0. The summed E-state index contributed by atoms with van der Waals surface area (Å²) in [5.74, 6) is -0.174. The molecule has 0 saturated heterocycles. The third-order valence-corrected chi connectivity index (χ3v) is 15.9. The lowest BCUT2D eigenvalue weighted by molar-refractivity contribution is -0.870. The lowest BCUT2D eigenvalue weighted by Gasteiger charge is -2.25. The highest BCUT2D eigenvalue weighted by molar-refractivity contribution is 7.47. The van der Waals surface area contributed by atoms with Gasteiger partial charge in [-0.25, -0.2) is 4.57 Å². The molecule has 0 aliphatic rings. The minimum atomic E-state index is -4.35. The molecule has 456 valence electrons. The van der Waals surface area contributed by atoms with E-state index in [4.69, 9.17) is 9.05 Å². The van der Waals surface area contributed by atoms with Crippen LogP contribution >= 0.6 is 7.82 Å². The van der Waals surface area contributed by atoms with E-state index in [-0.39, 0.29) is 19.1 Å². The fraction of sp³-hybridized carbons (Fsp3) is 0.812. The Labute approximate surface area is 484 Å². The third-order valence-electron chi connectivity index (χ3n) is 14.9. The van der Waals surface area contributed by atoms with Crippen molar-refractivity contribution in [3.63, 3.8) is 0 Å². The van der Waals surface area contributed by atoms with Crippen molar-refractivity contribution >= 4 is 13.7 Å². The van der Waals surface area contributed by atoms with Crippen LogP contribution in [0.15, 0.2) is 72.9 Å². The number of aliphatic hydroxyl groups excluding tert-OH is 1. The van der Waals surface area contributed by atoms with Crippen molar-refractivity contribution < 1.29 is 32.9 Å². The van der Waals surface area contributed by atoms with Gasteiger partial charge in [-0.05, 0) is 64.2 Å². The summed E-state index contributed by atoms with van der Waals surface area (Å²) in [5.41, 5.74) is 0. The number of carbonyl (C=O) groups is 1. The van der Waals surface area contributed by atoms with Crippen molar-refractivity contribution in [3.8, 4) is 0 Å². The Morgan fingerprint density at radius 3 is 1.13 bits per heavy atom. The molecule has 8 nitrogen and oxygen atoms in total. The number of phosphoric acid groups is 1. The van der Waals surface area contributed by atoms with Gasteiger partial charge in [0.2, 0.25) is 5.91 Å². The fourth-order valence-corrected chi connectivity index (χ4v) is 10.5. The largest absolute Gasteiger partial charge is 0.472 e. The highest BCUT2D eigenvalue weighted by Crippen LogP contribution is 2.43. The normalized spacial score (nSPS) is 14.2. The SMILES string of the molecule is CC/C=C\C/C=C\C/C=C\C/C=C\C/C=C\CCCCCCCCCCCCCCCCCCCC(=O)NC(COP(=O)(O)OCC[N+](C)(C)C)C(O)/C=C/CCCCCCCCCCCCCCCCCCCCCCC. The molecule has 0 rings (SSSR count). The summed E-state index contributed by atoms with van der Waals surface area (Å²) in [6.07, 6.45) is 83.1. The summed E-state index contributed by atoms with van der Waals surface area (Å²) < 4.78 is 23.8. The maximum Gasteiger partial charge on any atom is 0.472 e. The number of allylic oxidation sites excluding steroid dienone is 11. The molecule has 0 spiro atoms. The molecule has 0 aromatic rings. The molecule has 0 fully saturated rings. The van der Waals surface area contributed by atoms with E-state index < -0.39 is 20.0 Å². The summed E-state index contributed by atoms with van der Waals surface area (Å²) in [7, 11) is 1.58. The molecular weight excluding hydrogens is 984 g/mol. The van der Waals surface area contributed by atoms with E-state index in [0.29, 0.717) is 17.4 Å². The molecule has 78 heavy (non-hydrogen) atoms. The first-order chi connectivity index (χ1) is 38.0. The number of hydrogen-bond donors (Lipinski definition) is 3. The van der Waals surface area contributed by atoms with E-state index in [2.05, 4.69) is 79.9 Å². The molecule has 0 saturated carbocycles. The molecular formula is C69H130N2O6P+. The number of aliphatic hydroxyl groups is 1. The van der Waals surface area contributed by atoms with Gasteiger partial charge in [0, 0.05) is 6.42 Å². The average Bonchev–Trinajstić information content (AvgIpc) is 3.41. The molecule has 3 atom stereocenters. The minimum Gasteiger partial charge on any atom is -0.387 e. The van der Waals surface area contributed by atoms with Gasteiger partial charge in [0.05, 0.1) is 39.9 Å². The number of nitrogens with one attached hydrogen (secondary N) is 1. The molecule has 0 bridgehead atoms. The van der Waals surface area contributed by atoms with Crippen molar-refractivity contribution in [3.05, 3.63) is 72.9 Å². The number of likely N-dealkylation sites (N-methyl/N-ethyl adjacent to an activating group) is 1. The van der Waals surface area contributed by atoms with Gasteiger partial charge in [0.1, 0.15) is 13.2 Å². The molecule has 0 aromatic heterocycles. The zero-order valence-electron chi connectivity index (χ0n) is 52.2. The van der Waals surface area contributed by atoms with Gasteiger partial charge in [-0.2, -0.15) is 0 Å². The Bertz CT molecular complexity index is 1500. The number of unbranched alkanes of at least 4 members (excludes halogenated alkanes) is 38. The molecule has 0 aliphatic carbocycles. The Kier molecular flexibility index (Phi) is 58.0. The van der Waals surface area contributed by atoms with Crippen molar-refractivity contribution in [2.75, 3.05) is 40.9 Å². The van der Waals surface area contributed by atoms with Crippen LogP contribution in [0.2, 0.25) is 0 Å². The van der Waals surface area contributed by atoms with Crippen molar-refractivity contribution in [1.82, 2.24) is 5.32 Å². The third kappa shape index (κ3) is 61.6. The van der Waals surface area contributed by atoms with Gasteiger partial charge >= 0.3 is 7.82 Å². The second-order valence-electron chi connectivity index (χ2n) is 23.8. The van der Waals surface area contributed by atoms with Gasteiger partial charge in [-0.1, -0.05) is 311 Å². The van der Waals surface area contributed by atoms with Crippen LogP contribution in [-0.4, -0.2) is 73.4 Å². The molecule has 0 aliphatic heterocycles. The highest BCUT2D eigenvalue weighted by Gasteiger charge is 2.28. The van der Waals surface area contributed by atoms with Crippen LogP contribution in [-0.2, 0) is 18.4 Å². The molecule has 0 heterocycles. The number of quaternary nitrogens is 1. The van der Waals surface area contributed by atoms with E-state index in [1.165, 1.54) is 218 Å². The number of amides is 1. The van der Waals surface area contributed by atoms with Crippen LogP contribution in [0.25, 0.3) is 0 Å². The van der Waals surface area contributed by atoms with E-state index >= 15 is 0 Å². The van der Waals surface area contributed by atoms with Gasteiger partial charge in [0.15, 0.2) is 0 Å². The van der Waals surface area contributed by atoms with Crippen LogP contribution in [0.1, 0.15) is 309 Å². The monoisotopic (exact) mass is 1110 g/mol. The topological polar surface area (TPSA) is 105 Å². The number of hydrogen-bond acceptors (Lipinski definition) is 5. The van der Waals surface area contributed by atoms with Crippen molar-refractivity contribution in [2.24, 2.45) is 0 Å². The summed E-state index contributed by atoms with van der Waals surface area (Å²) in [6.45, 7) is 4.74. The highest BCUT2D eigenvalue weighted by atomic mass is 31.2. The predicted octanol–water partition coefficient (Wildman–Crippen LogP) is 21.0. The number of nitrogens with zero attached hydrogens (tertiary/aromatic N) is 1. The van der Waals surface area contributed by atoms with Crippen molar-refractivity contribution in [2.45, 2.75) is 321 Å². The van der Waals surface area contributed by atoms with E-state index in [9.17, 15) is 19.4 Å². The number of phosphoric ester groups is 1. The first-order valence-corrected chi connectivity index (χ1v) is 34.8. The van der Waals surface area contributed by atoms with Crippen LogP contribution in [0, 0.1) is 0 Å². The van der Waals surface area contributed by atoms with Gasteiger partial charge in [-0.15, -0.1) is 0 Å². The Balaban J connectivity index is 4.08. The van der Waals surface area contributed by atoms with E-state index in [0.717, 1.165) is 70.6 Å². The molecule has 3 N–H and O–H groups in total.